The summed E-state index contributed by atoms with van der Waals surface area (Å²) in [5.74, 6) is 0.445. The molecule has 0 spiro atoms. The van der Waals surface area contributed by atoms with Crippen LogP contribution < -0.4 is 0 Å². The first-order valence-electron chi connectivity index (χ1n) is 5.05. The van der Waals surface area contributed by atoms with Crippen LogP contribution in [0.15, 0.2) is 61.9 Å². The van der Waals surface area contributed by atoms with E-state index in [1.807, 2.05) is 19.2 Å². The van der Waals surface area contributed by atoms with Gasteiger partial charge in [0, 0.05) is 19.3 Å². The molecule has 0 aromatic carbocycles. The van der Waals surface area contributed by atoms with Crippen LogP contribution in [-0.4, -0.2) is 18.5 Å². The van der Waals surface area contributed by atoms with E-state index < -0.39 is 0 Å². The molecule has 0 amide bonds. The summed E-state index contributed by atoms with van der Waals surface area (Å²) in [6, 6.07) is 0. The minimum Gasteiger partial charge on any atom is -0.374 e. The summed E-state index contributed by atoms with van der Waals surface area (Å²) in [6.07, 6.45) is 7.35. The molecule has 0 fully saturated rings. The Morgan fingerprint density at radius 1 is 1.13 bits per heavy atom. The van der Waals surface area contributed by atoms with Crippen LogP contribution >= 0.6 is 0 Å². The molecule has 15 heavy (non-hydrogen) atoms. The minimum atomic E-state index is 0.445. The lowest BCUT2D eigenvalue weighted by atomic mass is 10.1. The van der Waals surface area contributed by atoms with E-state index in [0.717, 1.165) is 17.8 Å². The molecule has 1 unspecified atom stereocenters. The van der Waals surface area contributed by atoms with Gasteiger partial charge in [0.05, 0.1) is 0 Å². The largest absolute Gasteiger partial charge is 0.374 e. The summed E-state index contributed by atoms with van der Waals surface area (Å²) < 4.78 is 0. The predicted octanol–water partition coefficient (Wildman–Crippen LogP) is 3.55. The van der Waals surface area contributed by atoms with Crippen LogP contribution in [0.5, 0.6) is 0 Å². The van der Waals surface area contributed by atoms with Crippen LogP contribution in [0, 0.1) is 5.92 Å². The van der Waals surface area contributed by atoms with E-state index in [-0.39, 0.29) is 0 Å². The summed E-state index contributed by atoms with van der Waals surface area (Å²) in [7, 11) is 2.03. The first kappa shape index (κ1) is 13.5. The molecule has 0 N–H and O–H groups in total. The number of hydrogen-bond donors (Lipinski definition) is 0. The molecule has 0 bridgehead atoms. The van der Waals surface area contributed by atoms with Gasteiger partial charge in [0.1, 0.15) is 0 Å². The normalized spacial score (nSPS) is 11.1. The highest BCUT2D eigenvalue weighted by atomic mass is 15.1. The predicted molar refractivity (Wildman–Crippen MR) is 69.6 cm³/mol. The maximum atomic E-state index is 3.81. The Kier molecular flexibility index (Phi) is 6.19. The highest BCUT2D eigenvalue weighted by molar-refractivity contribution is 5.37. The average Bonchev–Trinajstić information content (AvgIpc) is 2.24. The van der Waals surface area contributed by atoms with Gasteiger partial charge >= 0.3 is 0 Å². The zero-order valence-electron chi connectivity index (χ0n) is 9.87. The molecule has 0 rings (SSSR count). The van der Waals surface area contributed by atoms with Crippen LogP contribution in [0.4, 0.5) is 0 Å². The minimum absolute atomic E-state index is 0.445. The third kappa shape index (κ3) is 4.03. The molecule has 0 saturated carbocycles. The van der Waals surface area contributed by atoms with Gasteiger partial charge in [-0.15, -0.1) is 6.58 Å². The van der Waals surface area contributed by atoms with Gasteiger partial charge in [-0.2, -0.15) is 0 Å². The van der Waals surface area contributed by atoms with Crippen molar-refractivity contribution in [1.29, 1.82) is 0 Å². The third-order valence-electron chi connectivity index (χ3n) is 2.30. The first-order chi connectivity index (χ1) is 7.10. The molecule has 1 heteroatoms. The molecule has 0 aliphatic carbocycles. The molecule has 1 atom stereocenters. The van der Waals surface area contributed by atoms with Crippen molar-refractivity contribution in [2.24, 2.45) is 5.92 Å². The maximum Gasteiger partial charge on any atom is 0.0431 e. The fourth-order valence-electron chi connectivity index (χ4n) is 1.39. The Morgan fingerprint density at radius 2 is 1.67 bits per heavy atom. The van der Waals surface area contributed by atoms with Crippen molar-refractivity contribution < 1.29 is 0 Å². The summed E-state index contributed by atoms with van der Waals surface area (Å²) in [6.45, 7) is 18.1. The van der Waals surface area contributed by atoms with E-state index in [1.165, 1.54) is 0 Å². The Hall–Kier alpha value is -1.50. The van der Waals surface area contributed by atoms with E-state index in [4.69, 9.17) is 0 Å². The van der Waals surface area contributed by atoms with Gasteiger partial charge < -0.3 is 4.90 Å². The average molecular weight is 203 g/mol. The van der Waals surface area contributed by atoms with Crippen molar-refractivity contribution in [3.8, 4) is 0 Å². The molecule has 82 valence electrons. The van der Waals surface area contributed by atoms with Gasteiger partial charge in [-0.25, -0.2) is 0 Å². The van der Waals surface area contributed by atoms with Crippen molar-refractivity contribution in [3.63, 3.8) is 0 Å². The molecule has 0 heterocycles. The van der Waals surface area contributed by atoms with Gasteiger partial charge in [0.15, 0.2) is 0 Å². The van der Waals surface area contributed by atoms with Gasteiger partial charge in [0.25, 0.3) is 0 Å². The van der Waals surface area contributed by atoms with E-state index in [2.05, 4.69) is 38.1 Å². The van der Waals surface area contributed by atoms with E-state index in [9.17, 15) is 0 Å². The molecule has 0 saturated heterocycles. The second kappa shape index (κ2) is 6.88. The van der Waals surface area contributed by atoms with Gasteiger partial charge in [-0.05, 0) is 17.6 Å². The molecular weight excluding hydrogens is 182 g/mol. The van der Waals surface area contributed by atoms with Crippen molar-refractivity contribution in [1.82, 2.24) is 4.90 Å². The monoisotopic (exact) mass is 203 g/mol. The third-order valence-corrected chi connectivity index (χ3v) is 2.30. The van der Waals surface area contributed by atoms with E-state index in [1.54, 1.807) is 12.2 Å². The van der Waals surface area contributed by atoms with Crippen LogP contribution in [-0.2, 0) is 0 Å². The van der Waals surface area contributed by atoms with Crippen molar-refractivity contribution in [2.45, 2.75) is 6.92 Å². The number of rotatable bonds is 7. The van der Waals surface area contributed by atoms with Crippen molar-refractivity contribution in [2.75, 3.05) is 13.6 Å². The summed E-state index contributed by atoms with van der Waals surface area (Å²) in [5.41, 5.74) is 2.05. The molecule has 1 nitrogen and oxygen atoms in total. The van der Waals surface area contributed by atoms with Gasteiger partial charge in [-0.1, -0.05) is 44.9 Å². The lowest BCUT2D eigenvalue weighted by Crippen LogP contribution is -2.23. The zero-order valence-corrected chi connectivity index (χ0v) is 9.87. The van der Waals surface area contributed by atoms with E-state index >= 15 is 0 Å². The van der Waals surface area contributed by atoms with Crippen LogP contribution in [0.2, 0.25) is 0 Å². The fourth-order valence-corrected chi connectivity index (χ4v) is 1.39. The number of likely N-dealkylation sites (N-methyl/N-ethyl adjacent to an activating group) is 1. The Bertz CT molecular complexity index is 274. The lowest BCUT2D eigenvalue weighted by Gasteiger charge is -2.24. The Labute approximate surface area is 93.8 Å². The molecular formula is C14H21N. The van der Waals surface area contributed by atoms with Crippen molar-refractivity contribution >= 4 is 0 Å². The molecule has 0 aromatic heterocycles. The number of allylic oxidation sites excluding steroid dienone is 4. The molecule has 0 aliphatic rings. The lowest BCUT2D eigenvalue weighted by molar-refractivity contribution is 0.388. The zero-order chi connectivity index (χ0) is 11.8. The Balaban J connectivity index is 4.88. The smallest absolute Gasteiger partial charge is 0.0431 e. The standard InChI is InChI=1S/C14H21N/c1-7-12(5)11-15(6)14(10-4)13(8-2)9-3/h7-10,12H,1-4,11H2,5-6H3. The summed E-state index contributed by atoms with van der Waals surface area (Å²) in [4.78, 5) is 2.14. The molecule has 0 aromatic rings. The second-order valence-corrected chi connectivity index (χ2v) is 3.55. The highest BCUT2D eigenvalue weighted by Gasteiger charge is 2.06. The second-order valence-electron chi connectivity index (χ2n) is 3.55. The van der Waals surface area contributed by atoms with E-state index in [0.29, 0.717) is 5.92 Å². The van der Waals surface area contributed by atoms with Gasteiger partial charge in [0.2, 0.25) is 0 Å². The first-order valence-corrected chi connectivity index (χ1v) is 5.05. The highest BCUT2D eigenvalue weighted by Crippen LogP contribution is 2.14. The topological polar surface area (TPSA) is 3.24 Å². The fraction of sp³-hybridized carbons (Fsp3) is 0.286. The van der Waals surface area contributed by atoms with Crippen molar-refractivity contribution in [3.05, 3.63) is 61.9 Å². The summed E-state index contributed by atoms with van der Waals surface area (Å²) >= 11 is 0. The number of nitrogens with zero attached hydrogens (tertiary/aromatic N) is 1. The summed E-state index contributed by atoms with van der Waals surface area (Å²) in [5, 5.41) is 0. The van der Waals surface area contributed by atoms with Gasteiger partial charge in [-0.3, -0.25) is 0 Å². The number of hydrogen-bond acceptors (Lipinski definition) is 1. The Morgan fingerprint density at radius 3 is 2.00 bits per heavy atom. The molecule has 0 aliphatic heterocycles. The van der Waals surface area contributed by atoms with Crippen LogP contribution in [0.25, 0.3) is 0 Å². The maximum absolute atomic E-state index is 3.81. The van der Waals surface area contributed by atoms with Crippen LogP contribution in [0.3, 0.4) is 0 Å². The van der Waals surface area contributed by atoms with Crippen LogP contribution in [0.1, 0.15) is 6.92 Å². The SMILES string of the molecule is C=CC(C=C)=C(C=C)N(C)CC(C)C=C. The molecule has 0 radical (unpaired) electrons. The quantitative estimate of drug-likeness (QED) is 0.452.